The van der Waals surface area contributed by atoms with Crippen molar-refractivity contribution in [3.8, 4) is 22.9 Å². The number of urea groups is 1. The smallest absolute Gasteiger partial charge is 0.317 e. The van der Waals surface area contributed by atoms with Crippen molar-refractivity contribution in [1.29, 1.82) is 0 Å². The molecule has 1 aliphatic heterocycles. The van der Waals surface area contributed by atoms with E-state index in [-0.39, 0.29) is 12.1 Å². The van der Waals surface area contributed by atoms with Gasteiger partial charge in [0.1, 0.15) is 5.75 Å². The number of pyridine rings is 1. The Morgan fingerprint density at radius 2 is 2.03 bits per heavy atom. The van der Waals surface area contributed by atoms with Gasteiger partial charge in [-0.3, -0.25) is 4.98 Å². The molecule has 1 atom stereocenters. The van der Waals surface area contributed by atoms with E-state index in [0.717, 1.165) is 43.4 Å². The summed E-state index contributed by atoms with van der Waals surface area (Å²) in [7, 11) is 1.61. The molecule has 3 aromatic rings. The van der Waals surface area contributed by atoms with Crippen LogP contribution < -0.4 is 14.8 Å². The van der Waals surface area contributed by atoms with E-state index >= 15 is 0 Å². The number of hydrogen-bond acceptors (Lipinski definition) is 6. The topological polar surface area (TPSA) is 93.9 Å². The molecule has 9 nitrogen and oxygen atoms in total. The van der Waals surface area contributed by atoms with Crippen LogP contribution >= 0.6 is 0 Å². The van der Waals surface area contributed by atoms with E-state index < -0.39 is 0 Å². The predicted octanol–water partition coefficient (Wildman–Crippen LogP) is 4.24. The monoisotopic (exact) mass is 452 g/mol. The van der Waals surface area contributed by atoms with E-state index in [1.54, 1.807) is 24.4 Å². The van der Waals surface area contributed by atoms with Gasteiger partial charge >= 0.3 is 6.03 Å². The molecule has 4 rings (SSSR count). The number of carbonyl (C=O) groups excluding carboxylic acids is 1. The van der Waals surface area contributed by atoms with Gasteiger partial charge in [0.05, 0.1) is 37.3 Å². The largest absolute Gasteiger partial charge is 0.494 e. The van der Waals surface area contributed by atoms with Gasteiger partial charge in [0, 0.05) is 37.2 Å². The van der Waals surface area contributed by atoms with Crippen molar-refractivity contribution in [3.63, 3.8) is 0 Å². The Kier molecular flexibility index (Phi) is 7.26. The number of fused-ring (bicyclic) bond motifs is 7. The number of imidazole rings is 1. The van der Waals surface area contributed by atoms with Crippen LogP contribution in [-0.4, -0.2) is 57.1 Å². The average Bonchev–Trinajstić information content (AvgIpc) is 3.31. The highest BCUT2D eigenvalue weighted by atomic mass is 16.5. The van der Waals surface area contributed by atoms with Gasteiger partial charge in [-0.05, 0) is 32.8 Å². The maximum atomic E-state index is 12.8. The van der Waals surface area contributed by atoms with Crippen LogP contribution in [0.15, 0.2) is 30.9 Å². The highest BCUT2D eigenvalue weighted by Crippen LogP contribution is 2.33. The summed E-state index contributed by atoms with van der Waals surface area (Å²) >= 11 is 0. The van der Waals surface area contributed by atoms with Gasteiger partial charge in [-0.2, -0.15) is 0 Å². The number of nitrogens with zero attached hydrogens (tertiary/aromatic N) is 5. The molecular formula is C24H32N6O3. The van der Waals surface area contributed by atoms with Crippen molar-refractivity contribution in [2.75, 3.05) is 26.8 Å². The van der Waals surface area contributed by atoms with E-state index in [0.29, 0.717) is 42.7 Å². The molecule has 0 aliphatic carbocycles. The minimum absolute atomic E-state index is 0.0704. The molecule has 0 aromatic carbocycles. The first kappa shape index (κ1) is 22.8. The average molecular weight is 453 g/mol. The molecule has 9 heteroatoms. The summed E-state index contributed by atoms with van der Waals surface area (Å²) in [6.45, 7) is 5.79. The maximum Gasteiger partial charge on any atom is 0.317 e. The van der Waals surface area contributed by atoms with Gasteiger partial charge in [0.2, 0.25) is 5.65 Å². The second-order valence-corrected chi connectivity index (χ2v) is 8.21. The number of hydrogen-bond donors (Lipinski definition) is 1. The van der Waals surface area contributed by atoms with E-state index in [2.05, 4.69) is 15.3 Å². The minimum Gasteiger partial charge on any atom is -0.494 e. The highest BCUT2D eigenvalue weighted by Gasteiger charge is 2.23. The van der Waals surface area contributed by atoms with Crippen LogP contribution in [0.4, 0.5) is 4.79 Å². The lowest BCUT2D eigenvalue weighted by atomic mass is 10.1. The number of carbonyl (C=O) groups is 1. The summed E-state index contributed by atoms with van der Waals surface area (Å²) in [5.41, 5.74) is 2.92. The number of methoxy groups -OCH3 is 1. The zero-order valence-electron chi connectivity index (χ0n) is 19.6. The van der Waals surface area contributed by atoms with Crippen LogP contribution in [0.5, 0.6) is 11.6 Å². The fraction of sp³-hybridized carbons (Fsp3) is 0.500. The van der Waals surface area contributed by atoms with E-state index in [1.165, 1.54) is 0 Å². The maximum absolute atomic E-state index is 12.8. The molecule has 2 amide bonds. The van der Waals surface area contributed by atoms with Gasteiger partial charge in [-0.15, -0.1) is 0 Å². The summed E-state index contributed by atoms with van der Waals surface area (Å²) in [5, 5.41) is 3.06. The summed E-state index contributed by atoms with van der Waals surface area (Å²) in [6, 6.07) is 1.66. The van der Waals surface area contributed by atoms with Gasteiger partial charge in [0.15, 0.2) is 0 Å². The molecule has 1 N–H and O–H groups in total. The molecule has 0 fully saturated rings. The summed E-state index contributed by atoms with van der Waals surface area (Å²) < 4.78 is 13.6. The molecule has 4 bridgehead atoms. The quantitative estimate of drug-likeness (QED) is 0.625. The van der Waals surface area contributed by atoms with Crippen molar-refractivity contribution >= 4 is 11.7 Å². The molecular weight excluding hydrogens is 420 g/mol. The summed E-state index contributed by atoms with van der Waals surface area (Å²) in [6.07, 6.45) is 12.3. The van der Waals surface area contributed by atoms with Crippen molar-refractivity contribution in [2.24, 2.45) is 0 Å². The Balaban J connectivity index is 1.78. The third kappa shape index (κ3) is 5.02. The summed E-state index contributed by atoms with van der Waals surface area (Å²) in [4.78, 5) is 28.4. The lowest BCUT2D eigenvalue weighted by Crippen LogP contribution is -2.41. The van der Waals surface area contributed by atoms with Gasteiger partial charge < -0.3 is 24.1 Å². The van der Waals surface area contributed by atoms with Gasteiger partial charge in [0.25, 0.3) is 5.88 Å². The Bertz CT molecular complexity index is 1100. The van der Waals surface area contributed by atoms with E-state index in [4.69, 9.17) is 14.5 Å². The molecule has 0 spiro atoms. The number of nitrogens with one attached hydrogen (secondary N) is 1. The van der Waals surface area contributed by atoms with Crippen LogP contribution in [0, 0.1) is 0 Å². The van der Waals surface area contributed by atoms with E-state index in [1.807, 2.05) is 36.7 Å². The highest BCUT2D eigenvalue weighted by molar-refractivity contribution is 5.75. The van der Waals surface area contributed by atoms with Crippen LogP contribution in [0.25, 0.3) is 16.9 Å². The molecule has 1 aliphatic rings. The van der Waals surface area contributed by atoms with Crippen LogP contribution in [0.1, 0.15) is 57.7 Å². The van der Waals surface area contributed by atoms with Crippen molar-refractivity contribution in [1.82, 2.24) is 29.6 Å². The Labute approximate surface area is 194 Å². The normalized spacial score (nSPS) is 18.2. The number of amides is 2. The third-order valence-corrected chi connectivity index (χ3v) is 6.06. The molecule has 4 heterocycles. The van der Waals surface area contributed by atoms with Crippen molar-refractivity contribution in [2.45, 2.75) is 52.0 Å². The van der Waals surface area contributed by atoms with Crippen LogP contribution in [0.3, 0.4) is 0 Å². The fourth-order valence-electron chi connectivity index (χ4n) is 4.16. The zero-order chi connectivity index (χ0) is 23.2. The predicted molar refractivity (Wildman–Crippen MR) is 126 cm³/mol. The third-order valence-electron chi connectivity index (χ3n) is 6.06. The first-order valence-electron chi connectivity index (χ1n) is 11.7. The van der Waals surface area contributed by atoms with Crippen molar-refractivity contribution < 1.29 is 14.3 Å². The molecule has 0 saturated carbocycles. The molecule has 3 aromatic heterocycles. The molecule has 0 saturated heterocycles. The second kappa shape index (κ2) is 10.5. The fourth-order valence-corrected chi connectivity index (χ4v) is 4.16. The van der Waals surface area contributed by atoms with E-state index in [9.17, 15) is 4.79 Å². The Hall–Kier alpha value is -3.36. The number of aromatic nitrogens is 4. The zero-order valence-corrected chi connectivity index (χ0v) is 19.6. The molecule has 0 radical (unpaired) electrons. The SMILES string of the molecule is CCN1C(=O)NCCCCCCCOc2nc(cn3ccnc23)-c2cc(ncc2OC)[C@H]1C. The van der Waals surface area contributed by atoms with Crippen LogP contribution in [0.2, 0.25) is 0 Å². The minimum atomic E-state index is -0.216. The standard InChI is InChI=1S/C24H32N6O3/c1-4-30-17(2)19-14-18(21(32-3)15-27-19)20-16-29-12-11-25-22(29)23(28-20)33-13-9-7-5-6-8-10-26-24(30)31/h11-12,14-17H,4-10,13H2,1-3H3,(H,26,31)/t17-/m1/s1. The Morgan fingerprint density at radius 3 is 2.85 bits per heavy atom. The lowest BCUT2D eigenvalue weighted by Gasteiger charge is -2.28. The molecule has 33 heavy (non-hydrogen) atoms. The molecule has 0 unspecified atom stereocenters. The van der Waals surface area contributed by atoms with Crippen molar-refractivity contribution in [3.05, 3.63) is 36.5 Å². The number of rotatable bonds is 2. The molecule has 176 valence electrons. The first-order chi connectivity index (χ1) is 16.1. The second-order valence-electron chi connectivity index (χ2n) is 8.21. The van der Waals surface area contributed by atoms with Gasteiger partial charge in [-0.1, -0.05) is 19.3 Å². The van der Waals surface area contributed by atoms with Gasteiger partial charge in [-0.25, -0.2) is 14.8 Å². The Morgan fingerprint density at radius 1 is 1.21 bits per heavy atom. The van der Waals surface area contributed by atoms with Crippen LogP contribution in [-0.2, 0) is 0 Å². The first-order valence-corrected chi connectivity index (χ1v) is 11.7. The summed E-state index contributed by atoms with van der Waals surface area (Å²) in [5.74, 6) is 1.10. The number of ether oxygens (including phenoxy) is 2. The lowest BCUT2D eigenvalue weighted by molar-refractivity contribution is 0.181.